The van der Waals surface area contributed by atoms with Crippen molar-refractivity contribution >= 4 is 47.3 Å². The van der Waals surface area contributed by atoms with Gasteiger partial charge in [-0.1, -0.05) is 53.7 Å². The molecule has 0 aliphatic carbocycles. The largest absolute Gasteiger partial charge is 0.508 e. The highest BCUT2D eigenvalue weighted by atomic mass is 16.3. The van der Waals surface area contributed by atoms with Crippen LogP contribution in [0.4, 0.5) is 0 Å². The Morgan fingerprint density at radius 1 is 0.582 bits per heavy atom. The molecule has 0 spiro atoms. The molecule has 0 heterocycles. The molecule has 8 amide bonds. The summed E-state index contributed by atoms with van der Waals surface area (Å²) in [5.74, 6) is -7.06. The summed E-state index contributed by atoms with van der Waals surface area (Å²) in [4.78, 5) is 103. The van der Waals surface area contributed by atoms with Gasteiger partial charge in [-0.05, 0) is 67.7 Å². The summed E-state index contributed by atoms with van der Waals surface area (Å²) in [6, 6.07) is -1.07. The van der Waals surface area contributed by atoms with Crippen LogP contribution in [0.15, 0.2) is 24.3 Å². The van der Waals surface area contributed by atoms with E-state index < -0.39 is 95.3 Å². The highest BCUT2D eigenvalue weighted by molar-refractivity contribution is 5.97. The highest BCUT2D eigenvalue weighted by Crippen LogP contribution is 2.14. The molecule has 0 fully saturated rings. The van der Waals surface area contributed by atoms with Crippen LogP contribution in [0.25, 0.3) is 0 Å². The van der Waals surface area contributed by atoms with Gasteiger partial charge in [-0.2, -0.15) is 0 Å². The number of phenolic OH excluding ortho intramolecular Hbond substituents is 1. The fraction of sp³-hybridized carbons (Fsp3) is 0.622. The van der Waals surface area contributed by atoms with Gasteiger partial charge in [-0.15, -0.1) is 0 Å². The molecule has 0 saturated carbocycles. The zero-order valence-electron chi connectivity index (χ0n) is 32.9. The lowest BCUT2D eigenvalue weighted by Crippen LogP contribution is -2.61. The Kier molecular flexibility index (Phi) is 20.4. The molecule has 6 atom stereocenters. The first kappa shape index (κ1) is 47.8. The average Bonchev–Trinajstić information content (AvgIpc) is 3.09. The third-order valence-electron chi connectivity index (χ3n) is 8.73. The quantitative estimate of drug-likeness (QED) is 0.0554. The minimum atomic E-state index is -1.31. The second-order valence-electron chi connectivity index (χ2n) is 14.6. The van der Waals surface area contributed by atoms with Crippen molar-refractivity contribution in [2.45, 2.75) is 123 Å². The standard InChI is InChI=1S/C37H61N9O9/c1-19(2)29(41-22(7)47)35(53)43-26(15-16-28(39)49)33(51)45-31(21(5)6)37(55)46-30(20(3)4)36(54)44-27(18-23-11-13-24(48)14-12-23)34(52)42-25(32(40)50)10-8-9-17-38/h11-14,19-21,25-27,29-31,48H,8-10,15-18,38H2,1-7H3,(H2,39,49)(H2,40,50)(H,41,47)(H,42,52)(H,43,53)(H,44,54)(H,45,51)(H,46,55)/t25-,26-,27-,29-,30-,31-/m0/s1. The molecule has 55 heavy (non-hydrogen) atoms. The minimum absolute atomic E-state index is 0.0109. The Bertz CT molecular complexity index is 1480. The molecule has 0 aromatic heterocycles. The molecular weight excluding hydrogens is 714 g/mol. The first-order chi connectivity index (χ1) is 25.7. The van der Waals surface area contributed by atoms with E-state index in [-0.39, 0.29) is 37.4 Å². The van der Waals surface area contributed by atoms with Gasteiger partial charge < -0.3 is 54.2 Å². The smallest absolute Gasteiger partial charge is 0.243 e. The number of nitrogens with two attached hydrogens (primary N) is 3. The molecule has 0 unspecified atom stereocenters. The van der Waals surface area contributed by atoms with Crippen LogP contribution in [-0.2, 0) is 44.8 Å². The van der Waals surface area contributed by atoms with Gasteiger partial charge in [0.2, 0.25) is 47.3 Å². The number of hydrogen-bond acceptors (Lipinski definition) is 10. The Morgan fingerprint density at radius 3 is 1.47 bits per heavy atom. The van der Waals surface area contributed by atoms with Gasteiger partial charge >= 0.3 is 0 Å². The number of carbonyl (C=O) groups excluding carboxylic acids is 8. The molecule has 1 aromatic carbocycles. The van der Waals surface area contributed by atoms with Crippen LogP contribution in [0.3, 0.4) is 0 Å². The number of rotatable bonds is 24. The summed E-state index contributed by atoms with van der Waals surface area (Å²) in [5.41, 5.74) is 17.0. The van der Waals surface area contributed by atoms with Gasteiger partial charge in [-0.3, -0.25) is 38.4 Å². The minimum Gasteiger partial charge on any atom is -0.508 e. The maximum absolute atomic E-state index is 13.8. The van der Waals surface area contributed by atoms with Crippen molar-refractivity contribution in [1.29, 1.82) is 0 Å². The average molecular weight is 776 g/mol. The predicted molar refractivity (Wildman–Crippen MR) is 204 cm³/mol. The molecule has 18 nitrogen and oxygen atoms in total. The number of primary amides is 2. The van der Waals surface area contributed by atoms with Crippen molar-refractivity contribution in [2.24, 2.45) is 35.0 Å². The van der Waals surface area contributed by atoms with Crippen molar-refractivity contribution in [3.05, 3.63) is 29.8 Å². The van der Waals surface area contributed by atoms with Crippen molar-refractivity contribution in [3.63, 3.8) is 0 Å². The summed E-state index contributed by atoms with van der Waals surface area (Å²) in [5, 5.41) is 25.4. The number of benzene rings is 1. The topological polar surface area (TPSA) is 307 Å². The van der Waals surface area contributed by atoms with E-state index in [4.69, 9.17) is 17.2 Å². The Balaban J connectivity index is 3.32. The van der Waals surface area contributed by atoms with E-state index in [0.717, 1.165) is 0 Å². The zero-order chi connectivity index (χ0) is 42.0. The Morgan fingerprint density at radius 2 is 1.02 bits per heavy atom. The number of carbonyl (C=O) groups is 8. The molecule has 308 valence electrons. The number of hydrogen-bond donors (Lipinski definition) is 10. The zero-order valence-corrected chi connectivity index (χ0v) is 32.9. The number of amides is 8. The number of unbranched alkanes of at least 4 members (excludes halogenated alkanes) is 1. The first-order valence-corrected chi connectivity index (χ1v) is 18.5. The lowest BCUT2D eigenvalue weighted by atomic mass is 9.98. The fourth-order valence-electron chi connectivity index (χ4n) is 5.53. The van der Waals surface area contributed by atoms with Crippen molar-refractivity contribution in [1.82, 2.24) is 31.9 Å². The van der Waals surface area contributed by atoms with Crippen molar-refractivity contribution in [2.75, 3.05) is 6.54 Å². The number of aromatic hydroxyl groups is 1. The third kappa shape index (κ3) is 17.2. The number of phenols is 1. The summed E-state index contributed by atoms with van der Waals surface area (Å²) < 4.78 is 0. The van der Waals surface area contributed by atoms with Gasteiger partial charge in [0, 0.05) is 19.8 Å². The van der Waals surface area contributed by atoms with E-state index in [2.05, 4.69) is 31.9 Å². The third-order valence-corrected chi connectivity index (χ3v) is 8.73. The Hall–Kier alpha value is -5.26. The van der Waals surface area contributed by atoms with Crippen LogP contribution >= 0.6 is 0 Å². The lowest BCUT2D eigenvalue weighted by molar-refractivity contribution is -0.136. The molecular formula is C37H61N9O9. The summed E-state index contributed by atoms with van der Waals surface area (Å²) in [7, 11) is 0. The van der Waals surface area contributed by atoms with Crippen molar-refractivity contribution < 1.29 is 43.5 Å². The van der Waals surface area contributed by atoms with Crippen LogP contribution in [0.1, 0.15) is 86.1 Å². The maximum atomic E-state index is 13.8. The summed E-state index contributed by atoms with van der Waals surface area (Å²) in [6.07, 6.45) is 0.823. The molecule has 0 aliphatic rings. The van der Waals surface area contributed by atoms with E-state index in [0.29, 0.717) is 24.9 Å². The molecule has 1 rings (SSSR count). The van der Waals surface area contributed by atoms with E-state index >= 15 is 0 Å². The molecule has 1 aromatic rings. The van der Waals surface area contributed by atoms with Crippen LogP contribution in [0, 0.1) is 17.8 Å². The lowest BCUT2D eigenvalue weighted by Gasteiger charge is -2.30. The highest BCUT2D eigenvalue weighted by Gasteiger charge is 2.35. The van der Waals surface area contributed by atoms with Gasteiger partial charge in [-0.25, -0.2) is 0 Å². The predicted octanol–water partition coefficient (Wildman–Crippen LogP) is -1.29. The molecule has 0 bridgehead atoms. The van der Waals surface area contributed by atoms with Gasteiger partial charge in [0.1, 0.15) is 42.0 Å². The van der Waals surface area contributed by atoms with Crippen LogP contribution < -0.4 is 49.1 Å². The van der Waals surface area contributed by atoms with E-state index in [1.54, 1.807) is 53.7 Å². The van der Waals surface area contributed by atoms with Gasteiger partial charge in [0.05, 0.1) is 0 Å². The first-order valence-electron chi connectivity index (χ1n) is 18.5. The van der Waals surface area contributed by atoms with Gasteiger partial charge in [0.15, 0.2) is 0 Å². The van der Waals surface area contributed by atoms with Gasteiger partial charge in [0.25, 0.3) is 0 Å². The summed E-state index contributed by atoms with van der Waals surface area (Å²) >= 11 is 0. The molecule has 0 radical (unpaired) electrons. The van der Waals surface area contributed by atoms with E-state index in [9.17, 15) is 43.5 Å². The maximum Gasteiger partial charge on any atom is 0.243 e. The molecule has 18 heteroatoms. The van der Waals surface area contributed by atoms with Crippen LogP contribution in [-0.4, -0.2) is 95.2 Å². The number of nitrogens with one attached hydrogen (secondary N) is 6. The Labute approximate surface area is 322 Å². The SMILES string of the molecule is CC(=O)N[C@H](C(=O)N[C@@H](CCC(N)=O)C(=O)N[C@H](C(=O)N[C@H](C(=O)N[C@@H](Cc1ccc(O)cc1)C(=O)N[C@@H](CCCCN)C(N)=O)C(C)C)C(C)C)C(C)C. The van der Waals surface area contributed by atoms with Crippen LogP contribution in [0.5, 0.6) is 5.75 Å². The molecule has 13 N–H and O–H groups in total. The molecule has 0 aliphatic heterocycles. The monoisotopic (exact) mass is 775 g/mol. The molecule has 0 saturated heterocycles. The fourth-order valence-corrected chi connectivity index (χ4v) is 5.53. The van der Waals surface area contributed by atoms with E-state index in [1.807, 2.05) is 0 Å². The normalized spacial score (nSPS) is 14.5. The summed E-state index contributed by atoms with van der Waals surface area (Å²) in [6.45, 7) is 11.7. The second-order valence-corrected chi connectivity index (χ2v) is 14.6. The van der Waals surface area contributed by atoms with E-state index in [1.165, 1.54) is 19.1 Å². The van der Waals surface area contributed by atoms with Crippen LogP contribution in [0.2, 0.25) is 0 Å². The second kappa shape index (κ2) is 23.5. The van der Waals surface area contributed by atoms with Crippen molar-refractivity contribution in [3.8, 4) is 5.75 Å².